The van der Waals surface area contributed by atoms with Gasteiger partial charge in [0.2, 0.25) is 0 Å². The molecule has 1 aliphatic rings. The van der Waals surface area contributed by atoms with E-state index in [1.165, 1.54) is 6.42 Å². The molecule has 0 aliphatic carbocycles. The maximum absolute atomic E-state index is 5.79. The molecule has 3 heteroatoms. The van der Waals surface area contributed by atoms with Crippen molar-refractivity contribution in [2.24, 2.45) is 11.8 Å². The van der Waals surface area contributed by atoms with E-state index in [0.29, 0.717) is 6.04 Å². The third-order valence-corrected chi connectivity index (χ3v) is 3.67. The summed E-state index contributed by atoms with van der Waals surface area (Å²) in [6.45, 7) is 8.04. The molecule has 0 radical (unpaired) electrons. The molecular weight excluding hydrogens is 198 g/mol. The van der Waals surface area contributed by atoms with Crippen LogP contribution >= 0.6 is 0 Å². The quantitative estimate of drug-likeness (QED) is 0.789. The first-order chi connectivity index (χ1) is 7.58. The van der Waals surface area contributed by atoms with E-state index in [9.17, 15) is 0 Å². The van der Waals surface area contributed by atoms with Crippen LogP contribution in [0.2, 0.25) is 0 Å². The standard InChI is InChI=1S/C13H21N3/c1-9-4-10(2)11(3)16(8-9)13-5-12(14)6-15-7-13/h5-7,9-11H,4,8,14H2,1-3H3. The van der Waals surface area contributed by atoms with Crippen LogP contribution in [0.5, 0.6) is 0 Å². The highest BCUT2D eigenvalue weighted by atomic mass is 15.2. The number of nitrogen functional groups attached to an aromatic ring is 1. The fraction of sp³-hybridized carbons (Fsp3) is 0.615. The number of anilines is 2. The van der Waals surface area contributed by atoms with Gasteiger partial charge in [-0.3, -0.25) is 4.98 Å². The highest BCUT2D eigenvalue weighted by Crippen LogP contribution is 2.31. The molecule has 0 spiro atoms. The summed E-state index contributed by atoms with van der Waals surface area (Å²) in [5.41, 5.74) is 7.69. The van der Waals surface area contributed by atoms with Crippen molar-refractivity contribution in [2.45, 2.75) is 33.2 Å². The predicted octanol–water partition coefficient (Wildman–Crippen LogP) is 2.53. The first-order valence-electron chi connectivity index (χ1n) is 6.05. The van der Waals surface area contributed by atoms with Gasteiger partial charge in [-0.1, -0.05) is 13.8 Å². The summed E-state index contributed by atoms with van der Waals surface area (Å²) in [5.74, 6) is 1.47. The van der Waals surface area contributed by atoms with E-state index in [1.807, 2.05) is 12.3 Å². The first kappa shape index (κ1) is 11.2. The van der Waals surface area contributed by atoms with Crippen molar-refractivity contribution in [1.82, 2.24) is 4.98 Å². The zero-order valence-corrected chi connectivity index (χ0v) is 10.4. The molecule has 16 heavy (non-hydrogen) atoms. The van der Waals surface area contributed by atoms with E-state index in [1.54, 1.807) is 6.20 Å². The maximum atomic E-state index is 5.79. The summed E-state index contributed by atoms with van der Waals surface area (Å²) in [6.07, 6.45) is 4.93. The molecule has 3 unspecified atom stereocenters. The van der Waals surface area contributed by atoms with Gasteiger partial charge in [-0.05, 0) is 31.2 Å². The zero-order chi connectivity index (χ0) is 11.7. The summed E-state index contributed by atoms with van der Waals surface area (Å²) in [6, 6.07) is 2.59. The topological polar surface area (TPSA) is 42.2 Å². The van der Waals surface area contributed by atoms with Gasteiger partial charge in [0.15, 0.2) is 0 Å². The van der Waals surface area contributed by atoms with Crippen LogP contribution < -0.4 is 10.6 Å². The Bertz CT molecular complexity index is 364. The predicted molar refractivity (Wildman–Crippen MR) is 68.4 cm³/mol. The van der Waals surface area contributed by atoms with Crippen molar-refractivity contribution in [3.63, 3.8) is 0 Å². The van der Waals surface area contributed by atoms with Crippen LogP contribution in [0.4, 0.5) is 11.4 Å². The van der Waals surface area contributed by atoms with Gasteiger partial charge in [0.05, 0.1) is 17.6 Å². The summed E-state index contributed by atoms with van der Waals surface area (Å²) in [5, 5.41) is 0. The van der Waals surface area contributed by atoms with Crippen LogP contribution in [-0.2, 0) is 0 Å². The molecule has 88 valence electrons. The Morgan fingerprint density at radius 2 is 2.06 bits per heavy atom. The Hall–Kier alpha value is -1.25. The van der Waals surface area contributed by atoms with Crippen molar-refractivity contribution in [2.75, 3.05) is 17.2 Å². The van der Waals surface area contributed by atoms with Gasteiger partial charge in [0, 0.05) is 18.8 Å². The van der Waals surface area contributed by atoms with Gasteiger partial charge in [-0.2, -0.15) is 0 Å². The molecule has 0 saturated carbocycles. The highest BCUT2D eigenvalue weighted by molar-refractivity contribution is 5.54. The molecular formula is C13H21N3. The number of hydrogen-bond acceptors (Lipinski definition) is 3. The summed E-state index contributed by atoms with van der Waals surface area (Å²) in [4.78, 5) is 6.61. The van der Waals surface area contributed by atoms with Crippen molar-refractivity contribution in [3.8, 4) is 0 Å². The van der Waals surface area contributed by atoms with Crippen molar-refractivity contribution in [1.29, 1.82) is 0 Å². The van der Waals surface area contributed by atoms with Gasteiger partial charge >= 0.3 is 0 Å². The molecule has 1 aliphatic heterocycles. The van der Waals surface area contributed by atoms with Crippen LogP contribution in [0.3, 0.4) is 0 Å². The van der Waals surface area contributed by atoms with Crippen molar-refractivity contribution >= 4 is 11.4 Å². The van der Waals surface area contributed by atoms with E-state index in [4.69, 9.17) is 5.73 Å². The monoisotopic (exact) mass is 219 g/mol. The minimum atomic E-state index is 0.569. The molecule has 1 fully saturated rings. The van der Waals surface area contributed by atoms with Gasteiger partial charge in [0.25, 0.3) is 0 Å². The Morgan fingerprint density at radius 1 is 1.31 bits per heavy atom. The molecule has 2 rings (SSSR count). The van der Waals surface area contributed by atoms with Crippen LogP contribution in [0.25, 0.3) is 0 Å². The normalized spacial score (nSPS) is 30.4. The molecule has 0 aromatic carbocycles. The van der Waals surface area contributed by atoms with Crippen LogP contribution in [0, 0.1) is 11.8 Å². The van der Waals surface area contributed by atoms with E-state index >= 15 is 0 Å². The van der Waals surface area contributed by atoms with Crippen LogP contribution in [0.1, 0.15) is 27.2 Å². The van der Waals surface area contributed by atoms with E-state index in [2.05, 4.69) is 30.7 Å². The van der Waals surface area contributed by atoms with E-state index in [-0.39, 0.29) is 0 Å². The van der Waals surface area contributed by atoms with Gasteiger partial charge in [0.1, 0.15) is 0 Å². The second kappa shape index (κ2) is 4.32. The lowest BCUT2D eigenvalue weighted by Gasteiger charge is -2.42. The van der Waals surface area contributed by atoms with Crippen LogP contribution in [-0.4, -0.2) is 17.6 Å². The molecule has 2 N–H and O–H groups in total. The number of aromatic nitrogens is 1. The SMILES string of the molecule is CC1CC(C)C(C)N(c2cncc(N)c2)C1. The lowest BCUT2D eigenvalue weighted by Crippen LogP contribution is -2.45. The fourth-order valence-corrected chi connectivity index (χ4v) is 2.66. The minimum Gasteiger partial charge on any atom is -0.397 e. The van der Waals surface area contributed by atoms with Crippen LogP contribution in [0.15, 0.2) is 18.5 Å². The summed E-state index contributed by atoms with van der Waals surface area (Å²) in [7, 11) is 0. The minimum absolute atomic E-state index is 0.569. The van der Waals surface area contributed by atoms with E-state index < -0.39 is 0 Å². The lowest BCUT2D eigenvalue weighted by molar-refractivity contribution is 0.297. The Morgan fingerprint density at radius 3 is 2.75 bits per heavy atom. The first-order valence-corrected chi connectivity index (χ1v) is 6.05. The average Bonchev–Trinajstić information content (AvgIpc) is 2.23. The Balaban J connectivity index is 2.25. The number of pyridine rings is 1. The number of nitrogens with zero attached hydrogens (tertiary/aromatic N) is 2. The van der Waals surface area contributed by atoms with Gasteiger partial charge < -0.3 is 10.6 Å². The third kappa shape index (κ3) is 2.13. The molecule has 2 heterocycles. The molecule has 0 amide bonds. The number of hydrogen-bond donors (Lipinski definition) is 1. The Labute approximate surface area is 97.7 Å². The van der Waals surface area contributed by atoms with Gasteiger partial charge in [-0.25, -0.2) is 0 Å². The molecule has 1 saturated heterocycles. The molecule has 0 bridgehead atoms. The number of rotatable bonds is 1. The van der Waals surface area contributed by atoms with Crippen molar-refractivity contribution < 1.29 is 0 Å². The molecule has 1 aromatic heterocycles. The second-order valence-corrected chi connectivity index (χ2v) is 5.19. The smallest absolute Gasteiger partial charge is 0.0576 e. The maximum Gasteiger partial charge on any atom is 0.0576 e. The van der Waals surface area contributed by atoms with E-state index in [0.717, 1.165) is 29.8 Å². The number of nitrogens with two attached hydrogens (primary N) is 1. The highest BCUT2D eigenvalue weighted by Gasteiger charge is 2.28. The molecule has 3 nitrogen and oxygen atoms in total. The molecule has 1 aromatic rings. The summed E-state index contributed by atoms with van der Waals surface area (Å²) < 4.78 is 0. The zero-order valence-electron chi connectivity index (χ0n) is 10.4. The largest absolute Gasteiger partial charge is 0.397 e. The third-order valence-electron chi connectivity index (χ3n) is 3.67. The number of piperidine rings is 1. The van der Waals surface area contributed by atoms with Gasteiger partial charge in [-0.15, -0.1) is 0 Å². The molecule has 3 atom stereocenters. The lowest BCUT2D eigenvalue weighted by atomic mass is 9.86. The van der Waals surface area contributed by atoms with Crippen molar-refractivity contribution in [3.05, 3.63) is 18.5 Å². The average molecular weight is 219 g/mol. The fourth-order valence-electron chi connectivity index (χ4n) is 2.66. The second-order valence-electron chi connectivity index (χ2n) is 5.19. The Kier molecular flexibility index (Phi) is 3.03. The summed E-state index contributed by atoms with van der Waals surface area (Å²) >= 11 is 0.